The van der Waals surface area contributed by atoms with Gasteiger partial charge in [-0.3, -0.25) is 4.90 Å². The Labute approximate surface area is 105 Å². The van der Waals surface area contributed by atoms with Gasteiger partial charge in [-0.1, -0.05) is 12.8 Å². The van der Waals surface area contributed by atoms with E-state index in [1.54, 1.807) is 14.2 Å². The lowest BCUT2D eigenvalue weighted by Gasteiger charge is -2.37. The van der Waals surface area contributed by atoms with Crippen LogP contribution in [0.5, 0.6) is 0 Å². The molecule has 0 aliphatic heterocycles. The number of aliphatic hydroxyl groups is 1. The molecule has 1 rings (SSSR count). The first-order chi connectivity index (χ1) is 8.29. The van der Waals surface area contributed by atoms with Crippen molar-refractivity contribution < 1.29 is 14.6 Å². The molecule has 0 saturated heterocycles. The molecule has 1 N–H and O–H groups in total. The lowest BCUT2D eigenvalue weighted by Crippen LogP contribution is -2.47. The summed E-state index contributed by atoms with van der Waals surface area (Å²) in [6.07, 6.45) is 5.30. The van der Waals surface area contributed by atoms with E-state index in [0.717, 1.165) is 52.0 Å². The first-order valence-corrected chi connectivity index (χ1v) is 6.69. The van der Waals surface area contributed by atoms with E-state index in [1.807, 2.05) is 0 Å². The number of nitrogens with zero attached hydrogens (tertiary/aromatic N) is 1. The van der Waals surface area contributed by atoms with Crippen molar-refractivity contribution in [1.82, 2.24) is 4.90 Å². The third-order valence-electron chi connectivity index (χ3n) is 3.54. The molecule has 2 atom stereocenters. The molecule has 0 radical (unpaired) electrons. The van der Waals surface area contributed by atoms with Crippen LogP contribution in [0, 0.1) is 0 Å². The van der Waals surface area contributed by atoms with Crippen LogP contribution in [0.25, 0.3) is 0 Å². The molecule has 4 heteroatoms. The third kappa shape index (κ3) is 5.34. The van der Waals surface area contributed by atoms with Gasteiger partial charge in [0, 0.05) is 40.0 Å². The summed E-state index contributed by atoms with van der Waals surface area (Å²) in [4.78, 5) is 2.37. The molecule has 0 amide bonds. The van der Waals surface area contributed by atoms with E-state index in [-0.39, 0.29) is 6.10 Å². The predicted molar refractivity (Wildman–Crippen MR) is 68.2 cm³/mol. The van der Waals surface area contributed by atoms with Gasteiger partial charge in [0.25, 0.3) is 0 Å². The van der Waals surface area contributed by atoms with E-state index in [0.29, 0.717) is 6.04 Å². The molecular weight excluding hydrogens is 218 g/mol. The minimum Gasteiger partial charge on any atom is -0.391 e. The molecule has 0 aromatic heterocycles. The van der Waals surface area contributed by atoms with Crippen LogP contribution in [0.3, 0.4) is 0 Å². The highest BCUT2D eigenvalue weighted by Gasteiger charge is 2.28. The van der Waals surface area contributed by atoms with Gasteiger partial charge in [-0.05, 0) is 19.3 Å². The molecule has 0 aromatic rings. The monoisotopic (exact) mass is 245 g/mol. The van der Waals surface area contributed by atoms with Crippen LogP contribution in [0.15, 0.2) is 0 Å². The van der Waals surface area contributed by atoms with E-state index in [2.05, 4.69) is 4.90 Å². The Hall–Kier alpha value is -0.160. The Morgan fingerprint density at radius 2 is 1.76 bits per heavy atom. The summed E-state index contributed by atoms with van der Waals surface area (Å²) in [6.45, 7) is 3.41. The second-order valence-electron chi connectivity index (χ2n) is 4.79. The lowest BCUT2D eigenvalue weighted by molar-refractivity contribution is 0.00561. The van der Waals surface area contributed by atoms with Gasteiger partial charge in [-0.15, -0.1) is 0 Å². The van der Waals surface area contributed by atoms with Crippen LogP contribution in [-0.4, -0.2) is 62.7 Å². The topological polar surface area (TPSA) is 41.9 Å². The van der Waals surface area contributed by atoms with Gasteiger partial charge in [0.15, 0.2) is 0 Å². The van der Waals surface area contributed by atoms with Crippen molar-refractivity contribution in [2.75, 3.05) is 40.5 Å². The van der Waals surface area contributed by atoms with Crippen molar-refractivity contribution in [2.45, 2.75) is 44.2 Å². The van der Waals surface area contributed by atoms with Crippen LogP contribution in [0.1, 0.15) is 32.1 Å². The molecule has 0 bridgehead atoms. The minimum atomic E-state index is -0.164. The molecule has 4 nitrogen and oxygen atoms in total. The van der Waals surface area contributed by atoms with Gasteiger partial charge < -0.3 is 14.6 Å². The molecule has 102 valence electrons. The maximum atomic E-state index is 10.1. The highest BCUT2D eigenvalue weighted by atomic mass is 16.5. The molecule has 1 saturated carbocycles. The van der Waals surface area contributed by atoms with Crippen molar-refractivity contribution in [3.8, 4) is 0 Å². The summed E-state index contributed by atoms with van der Waals surface area (Å²) in [5, 5.41) is 10.1. The van der Waals surface area contributed by atoms with Gasteiger partial charge in [-0.25, -0.2) is 0 Å². The van der Waals surface area contributed by atoms with Gasteiger partial charge in [-0.2, -0.15) is 0 Å². The highest BCUT2D eigenvalue weighted by molar-refractivity contribution is 4.83. The lowest BCUT2D eigenvalue weighted by atomic mass is 9.91. The minimum absolute atomic E-state index is 0.164. The van der Waals surface area contributed by atoms with Crippen LogP contribution in [0.2, 0.25) is 0 Å². The number of hydrogen-bond donors (Lipinski definition) is 1. The number of rotatable bonds is 8. The fourth-order valence-electron chi connectivity index (χ4n) is 2.58. The molecule has 2 unspecified atom stereocenters. The summed E-state index contributed by atoms with van der Waals surface area (Å²) >= 11 is 0. The average molecular weight is 245 g/mol. The largest absolute Gasteiger partial charge is 0.391 e. The zero-order valence-corrected chi connectivity index (χ0v) is 11.2. The van der Waals surface area contributed by atoms with Crippen LogP contribution >= 0.6 is 0 Å². The molecule has 1 aliphatic carbocycles. The second-order valence-corrected chi connectivity index (χ2v) is 4.79. The van der Waals surface area contributed by atoms with Crippen molar-refractivity contribution in [3.63, 3.8) is 0 Å². The Morgan fingerprint density at radius 1 is 1.06 bits per heavy atom. The zero-order chi connectivity index (χ0) is 12.5. The Kier molecular flexibility index (Phi) is 7.77. The third-order valence-corrected chi connectivity index (χ3v) is 3.54. The fourth-order valence-corrected chi connectivity index (χ4v) is 2.58. The normalized spacial score (nSPS) is 25.4. The number of hydrogen-bond acceptors (Lipinski definition) is 4. The summed E-state index contributed by atoms with van der Waals surface area (Å²) in [7, 11) is 3.46. The van der Waals surface area contributed by atoms with Crippen LogP contribution < -0.4 is 0 Å². The van der Waals surface area contributed by atoms with Crippen molar-refractivity contribution in [3.05, 3.63) is 0 Å². The molecule has 0 aromatic carbocycles. The molecule has 0 heterocycles. The standard InChI is InChI=1S/C13H27NO3/c1-16-10-5-8-14(9-11-17-2)12-6-3-4-7-13(12)15/h12-13,15H,3-11H2,1-2H3. The van der Waals surface area contributed by atoms with Crippen LogP contribution in [-0.2, 0) is 9.47 Å². The van der Waals surface area contributed by atoms with Crippen molar-refractivity contribution >= 4 is 0 Å². The van der Waals surface area contributed by atoms with Gasteiger partial charge in [0.2, 0.25) is 0 Å². The summed E-state index contributed by atoms with van der Waals surface area (Å²) in [6, 6.07) is 0.316. The number of methoxy groups -OCH3 is 2. The first kappa shape index (κ1) is 14.9. The van der Waals surface area contributed by atoms with Gasteiger partial charge >= 0.3 is 0 Å². The summed E-state index contributed by atoms with van der Waals surface area (Å²) < 4.78 is 10.2. The summed E-state index contributed by atoms with van der Waals surface area (Å²) in [5.41, 5.74) is 0. The fraction of sp³-hybridized carbons (Fsp3) is 1.00. The van der Waals surface area contributed by atoms with Gasteiger partial charge in [0.1, 0.15) is 0 Å². The molecule has 0 spiro atoms. The van der Waals surface area contributed by atoms with Gasteiger partial charge in [0.05, 0.1) is 12.7 Å². The maximum Gasteiger partial charge on any atom is 0.0695 e. The first-order valence-electron chi connectivity index (χ1n) is 6.69. The van der Waals surface area contributed by atoms with Crippen molar-refractivity contribution in [1.29, 1.82) is 0 Å². The smallest absolute Gasteiger partial charge is 0.0695 e. The molecule has 1 fully saturated rings. The summed E-state index contributed by atoms with van der Waals surface area (Å²) in [5.74, 6) is 0. The van der Waals surface area contributed by atoms with E-state index in [1.165, 1.54) is 6.42 Å². The Bertz CT molecular complexity index is 190. The Balaban J connectivity index is 2.41. The maximum absolute atomic E-state index is 10.1. The van der Waals surface area contributed by atoms with E-state index >= 15 is 0 Å². The van der Waals surface area contributed by atoms with E-state index in [9.17, 15) is 5.11 Å². The molecule has 1 aliphatic rings. The second kappa shape index (κ2) is 8.86. The molecule has 17 heavy (non-hydrogen) atoms. The average Bonchev–Trinajstić information content (AvgIpc) is 2.35. The SMILES string of the molecule is COCCCN(CCOC)C1CCCCC1O. The number of ether oxygens (including phenoxy) is 2. The molecular formula is C13H27NO3. The number of aliphatic hydroxyl groups excluding tert-OH is 1. The Morgan fingerprint density at radius 3 is 2.41 bits per heavy atom. The van der Waals surface area contributed by atoms with Crippen molar-refractivity contribution in [2.24, 2.45) is 0 Å². The predicted octanol–water partition coefficient (Wildman–Crippen LogP) is 1.27. The van der Waals surface area contributed by atoms with Crippen LogP contribution in [0.4, 0.5) is 0 Å². The van der Waals surface area contributed by atoms with E-state index in [4.69, 9.17) is 9.47 Å². The van der Waals surface area contributed by atoms with E-state index < -0.39 is 0 Å². The highest BCUT2D eigenvalue weighted by Crippen LogP contribution is 2.23. The zero-order valence-electron chi connectivity index (χ0n) is 11.2. The quantitative estimate of drug-likeness (QED) is 0.654.